The van der Waals surface area contributed by atoms with Gasteiger partial charge in [0.1, 0.15) is 11.5 Å². The van der Waals surface area contributed by atoms with Gasteiger partial charge in [0.25, 0.3) is 0 Å². The lowest BCUT2D eigenvalue weighted by atomic mass is 9.81. The van der Waals surface area contributed by atoms with E-state index in [0.29, 0.717) is 59.1 Å². The van der Waals surface area contributed by atoms with Crippen LogP contribution in [0.5, 0.6) is 11.5 Å². The van der Waals surface area contributed by atoms with Crippen LogP contribution in [0.3, 0.4) is 0 Å². The van der Waals surface area contributed by atoms with Gasteiger partial charge in [-0.15, -0.1) is 0 Å². The Morgan fingerprint density at radius 3 is 1.77 bits per heavy atom. The molecule has 14 heteroatoms. The second-order valence-corrected chi connectivity index (χ2v) is 14.3. The zero-order chi connectivity index (χ0) is 28.9. The molecule has 6 rings (SSSR count). The van der Waals surface area contributed by atoms with Crippen molar-refractivity contribution in [1.29, 1.82) is 0 Å². The normalized spacial score (nSPS) is 23.4. The van der Waals surface area contributed by atoms with E-state index in [0.717, 1.165) is 32.1 Å². The maximum absolute atomic E-state index is 13.1. The van der Waals surface area contributed by atoms with E-state index >= 15 is 0 Å². The van der Waals surface area contributed by atoms with Crippen molar-refractivity contribution < 1.29 is 51.5 Å². The van der Waals surface area contributed by atoms with Gasteiger partial charge in [-0.3, -0.25) is 0 Å². The standard InChI is InChI=1S/C26H24F6O6S2/c27-25(28,29)39(33,34)37-20-7-5-16(18-12-24(13-19(18)20)9-1-2-10-24)17-6-8-21(38-40(35,36)26(30,31)32)23-15-4-3-14(11-15)22(17)23/h5-8,14-15H,1-4,9-13H2. The van der Waals surface area contributed by atoms with Gasteiger partial charge in [0.05, 0.1) is 0 Å². The van der Waals surface area contributed by atoms with Crippen molar-refractivity contribution >= 4 is 20.2 Å². The molecule has 218 valence electrons. The van der Waals surface area contributed by atoms with E-state index < -0.39 is 31.3 Å². The van der Waals surface area contributed by atoms with Crippen LogP contribution < -0.4 is 8.37 Å². The Bertz CT molecular complexity index is 1610. The predicted molar refractivity (Wildman–Crippen MR) is 131 cm³/mol. The van der Waals surface area contributed by atoms with Gasteiger partial charge in [0.2, 0.25) is 0 Å². The van der Waals surface area contributed by atoms with Crippen LogP contribution in [0.25, 0.3) is 11.1 Å². The first-order chi connectivity index (χ1) is 18.5. The van der Waals surface area contributed by atoms with Crippen molar-refractivity contribution in [1.82, 2.24) is 0 Å². The first-order valence-electron chi connectivity index (χ1n) is 12.9. The number of benzene rings is 2. The summed E-state index contributed by atoms with van der Waals surface area (Å²) in [6.45, 7) is 0. The molecule has 2 bridgehead atoms. The molecule has 1 spiro atoms. The third kappa shape index (κ3) is 4.27. The Hall–Kier alpha value is -2.48. The summed E-state index contributed by atoms with van der Waals surface area (Å²) in [6, 6.07) is 5.37. The third-order valence-electron chi connectivity index (χ3n) is 8.91. The summed E-state index contributed by atoms with van der Waals surface area (Å²) in [4.78, 5) is 0. The van der Waals surface area contributed by atoms with Crippen molar-refractivity contribution in [2.75, 3.05) is 0 Å². The van der Waals surface area contributed by atoms with Gasteiger partial charge < -0.3 is 8.37 Å². The molecular weight excluding hydrogens is 586 g/mol. The first-order valence-corrected chi connectivity index (χ1v) is 15.7. The fourth-order valence-corrected chi connectivity index (χ4v) is 8.27. The van der Waals surface area contributed by atoms with E-state index in [2.05, 4.69) is 8.37 Å². The van der Waals surface area contributed by atoms with E-state index in [9.17, 15) is 43.2 Å². The lowest BCUT2D eigenvalue weighted by molar-refractivity contribution is -0.0505. The van der Waals surface area contributed by atoms with Crippen LogP contribution in [-0.4, -0.2) is 27.9 Å². The Balaban J connectivity index is 1.49. The van der Waals surface area contributed by atoms with Crippen molar-refractivity contribution in [3.8, 4) is 22.6 Å². The summed E-state index contributed by atoms with van der Waals surface area (Å²) >= 11 is 0. The maximum atomic E-state index is 13.1. The molecule has 2 aromatic carbocycles. The fraction of sp³-hybridized carbons (Fsp3) is 0.538. The highest BCUT2D eigenvalue weighted by molar-refractivity contribution is 7.88. The van der Waals surface area contributed by atoms with Crippen molar-refractivity contribution in [2.24, 2.45) is 5.41 Å². The molecular formula is C26H24F6O6S2. The molecule has 2 saturated carbocycles. The Morgan fingerprint density at radius 1 is 0.675 bits per heavy atom. The van der Waals surface area contributed by atoms with E-state index in [4.69, 9.17) is 0 Å². The first kappa shape index (κ1) is 27.7. The van der Waals surface area contributed by atoms with Crippen LogP contribution in [0.15, 0.2) is 24.3 Å². The molecule has 0 amide bonds. The molecule has 0 N–H and O–H groups in total. The fourth-order valence-electron chi connectivity index (χ4n) is 7.31. The van der Waals surface area contributed by atoms with Gasteiger partial charge in [-0.2, -0.15) is 43.2 Å². The van der Waals surface area contributed by atoms with E-state index in [-0.39, 0.29) is 28.7 Å². The molecule has 0 aliphatic heterocycles. The van der Waals surface area contributed by atoms with Crippen LogP contribution in [0.2, 0.25) is 0 Å². The molecule has 2 aromatic rings. The van der Waals surface area contributed by atoms with Crippen LogP contribution in [0.4, 0.5) is 26.3 Å². The second-order valence-electron chi connectivity index (χ2n) is 11.2. The number of rotatable bonds is 5. The van der Waals surface area contributed by atoms with Crippen molar-refractivity contribution in [3.05, 3.63) is 46.5 Å². The number of hydrogen-bond acceptors (Lipinski definition) is 6. The van der Waals surface area contributed by atoms with Gasteiger partial charge in [-0.25, -0.2) is 0 Å². The average molecular weight is 611 g/mol. The molecule has 2 fully saturated rings. The van der Waals surface area contributed by atoms with Crippen LogP contribution in [-0.2, 0) is 33.1 Å². The molecule has 6 nitrogen and oxygen atoms in total. The summed E-state index contributed by atoms with van der Waals surface area (Å²) in [5.74, 6) is -0.990. The van der Waals surface area contributed by atoms with Crippen LogP contribution >= 0.6 is 0 Å². The summed E-state index contributed by atoms with van der Waals surface area (Å²) in [7, 11) is -11.8. The Kier molecular flexibility index (Phi) is 6.06. The largest absolute Gasteiger partial charge is 0.534 e. The number of fused-ring (bicyclic) bond motifs is 6. The monoisotopic (exact) mass is 610 g/mol. The van der Waals surface area contributed by atoms with Crippen LogP contribution in [0.1, 0.15) is 79.0 Å². The van der Waals surface area contributed by atoms with Gasteiger partial charge in [-0.1, -0.05) is 25.0 Å². The molecule has 0 radical (unpaired) electrons. The average Bonchev–Trinajstić information content (AvgIpc) is 3.63. The van der Waals surface area contributed by atoms with Gasteiger partial charge in [0.15, 0.2) is 0 Å². The minimum atomic E-state index is -5.90. The van der Waals surface area contributed by atoms with Crippen molar-refractivity contribution in [2.45, 2.75) is 80.6 Å². The van der Waals surface area contributed by atoms with Crippen molar-refractivity contribution in [3.63, 3.8) is 0 Å². The third-order valence-corrected chi connectivity index (χ3v) is 10.8. The summed E-state index contributed by atoms with van der Waals surface area (Å²) in [5, 5.41) is 0. The minimum absolute atomic E-state index is 0.0498. The topological polar surface area (TPSA) is 86.7 Å². The number of alkyl halides is 6. The smallest absolute Gasteiger partial charge is 0.376 e. The summed E-state index contributed by atoms with van der Waals surface area (Å²) in [5.41, 5.74) is -8.07. The summed E-state index contributed by atoms with van der Waals surface area (Å²) < 4.78 is 135. The molecule has 0 aromatic heterocycles. The molecule has 0 saturated heterocycles. The Labute approximate surface area is 226 Å². The Morgan fingerprint density at radius 2 is 1.18 bits per heavy atom. The maximum Gasteiger partial charge on any atom is 0.534 e. The molecule has 2 unspecified atom stereocenters. The van der Waals surface area contributed by atoms with E-state index in [1.807, 2.05) is 0 Å². The SMILES string of the molecule is O=S(=O)(Oc1ccc(-c2ccc(OS(=O)(=O)C(F)(F)F)c3c2C2CCC3C2)c2c1CC1(CCCC1)C2)C(F)(F)F. The highest BCUT2D eigenvalue weighted by Crippen LogP contribution is 2.60. The zero-order valence-electron chi connectivity index (χ0n) is 20.9. The molecule has 2 atom stereocenters. The predicted octanol–water partition coefficient (Wildman–Crippen LogP) is 6.83. The van der Waals surface area contributed by atoms with E-state index in [1.54, 1.807) is 0 Å². The molecule has 4 aliphatic rings. The minimum Gasteiger partial charge on any atom is -0.376 e. The quantitative estimate of drug-likeness (QED) is 0.210. The number of halogens is 6. The second kappa shape index (κ2) is 8.76. The molecule has 0 heterocycles. The highest BCUT2D eigenvalue weighted by Gasteiger charge is 2.52. The highest BCUT2D eigenvalue weighted by atomic mass is 32.2. The zero-order valence-corrected chi connectivity index (χ0v) is 22.5. The van der Waals surface area contributed by atoms with E-state index in [1.165, 1.54) is 24.3 Å². The number of hydrogen-bond donors (Lipinski definition) is 0. The molecule has 4 aliphatic carbocycles. The van der Waals surface area contributed by atoms with Gasteiger partial charge in [0, 0.05) is 11.1 Å². The molecule has 40 heavy (non-hydrogen) atoms. The van der Waals surface area contributed by atoms with Gasteiger partial charge in [-0.05, 0) is 96.6 Å². The van der Waals surface area contributed by atoms with Gasteiger partial charge >= 0.3 is 31.3 Å². The lowest BCUT2D eigenvalue weighted by Crippen LogP contribution is -2.28. The summed E-state index contributed by atoms with van der Waals surface area (Å²) in [6.07, 6.45) is 6.35. The van der Waals surface area contributed by atoms with Crippen LogP contribution in [0, 0.1) is 5.41 Å². The lowest BCUT2D eigenvalue weighted by Gasteiger charge is -2.24.